The van der Waals surface area contributed by atoms with Crippen LogP contribution in [0.3, 0.4) is 0 Å². The Morgan fingerprint density at radius 1 is 1.37 bits per heavy atom. The predicted octanol–water partition coefficient (Wildman–Crippen LogP) is 2.97. The van der Waals surface area contributed by atoms with Crippen molar-refractivity contribution >= 4 is 39.1 Å². The predicted molar refractivity (Wildman–Crippen MR) is 106 cm³/mol. The molecule has 0 unspecified atom stereocenters. The third-order valence-corrected chi connectivity index (χ3v) is 6.79. The molecule has 3 aromatic heterocycles. The molecule has 1 N–H and O–H groups in total. The Labute approximate surface area is 164 Å². The van der Waals surface area contributed by atoms with Crippen LogP contribution in [0.25, 0.3) is 10.2 Å². The normalized spacial score (nSPS) is 16.6. The van der Waals surface area contributed by atoms with E-state index in [1.165, 1.54) is 14.2 Å². The van der Waals surface area contributed by atoms with Gasteiger partial charge in [-0.25, -0.2) is 9.66 Å². The van der Waals surface area contributed by atoms with Crippen molar-refractivity contribution in [3.8, 4) is 0 Å². The SMILES string of the molecule is Cc1c(Cl)c(C(=O)Nn2c(C)nc3sc4c(c3c2=O)CC[C@@H](C)C4)nn1C. The summed E-state index contributed by atoms with van der Waals surface area (Å²) < 4.78 is 2.74. The van der Waals surface area contributed by atoms with Crippen molar-refractivity contribution in [1.29, 1.82) is 0 Å². The van der Waals surface area contributed by atoms with Gasteiger partial charge >= 0.3 is 0 Å². The van der Waals surface area contributed by atoms with E-state index in [-0.39, 0.29) is 16.3 Å². The summed E-state index contributed by atoms with van der Waals surface area (Å²) in [6.07, 6.45) is 2.90. The van der Waals surface area contributed by atoms with Gasteiger partial charge in [-0.2, -0.15) is 5.10 Å². The number of nitrogens with zero attached hydrogens (tertiary/aromatic N) is 4. The molecule has 142 valence electrons. The summed E-state index contributed by atoms with van der Waals surface area (Å²) >= 11 is 7.78. The van der Waals surface area contributed by atoms with Crippen molar-refractivity contribution in [3.05, 3.63) is 43.0 Å². The molecule has 4 rings (SSSR count). The van der Waals surface area contributed by atoms with E-state index >= 15 is 0 Å². The summed E-state index contributed by atoms with van der Waals surface area (Å²) in [5.74, 6) is 0.507. The summed E-state index contributed by atoms with van der Waals surface area (Å²) in [7, 11) is 1.71. The van der Waals surface area contributed by atoms with E-state index in [1.807, 2.05) is 0 Å². The first kappa shape index (κ1) is 18.2. The standard InChI is InChI=1S/C18H20ClN5O2S/c1-8-5-6-11-12(7-8)27-17-13(11)18(26)24(10(3)20-17)22-16(25)15-14(19)9(2)23(4)21-15/h8H,5-7H2,1-4H3,(H,22,25)/t8-/m1/s1. The first-order valence-corrected chi connectivity index (χ1v) is 10.0. The van der Waals surface area contributed by atoms with E-state index in [4.69, 9.17) is 11.6 Å². The van der Waals surface area contributed by atoms with Crippen molar-refractivity contribution in [1.82, 2.24) is 19.4 Å². The molecule has 0 radical (unpaired) electrons. The van der Waals surface area contributed by atoms with E-state index in [0.717, 1.165) is 29.7 Å². The molecule has 0 saturated carbocycles. The van der Waals surface area contributed by atoms with Crippen LogP contribution >= 0.6 is 22.9 Å². The highest BCUT2D eigenvalue weighted by molar-refractivity contribution is 7.18. The van der Waals surface area contributed by atoms with Gasteiger partial charge in [0.15, 0.2) is 5.69 Å². The number of nitrogens with one attached hydrogen (secondary N) is 1. The van der Waals surface area contributed by atoms with Crippen LogP contribution in [-0.2, 0) is 19.9 Å². The summed E-state index contributed by atoms with van der Waals surface area (Å²) in [5.41, 5.74) is 4.22. The molecule has 7 nitrogen and oxygen atoms in total. The minimum Gasteiger partial charge on any atom is -0.271 e. The zero-order valence-corrected chi connectivity index (χ0v) is 17.2. The molecule has 0 saturated heterocycles. The number of thiophene rings is 1. The summed E-state index contributed by atoms with van der Waals surface area (Å²) in [6, 6.07) is 0. The molecular formula is C18H20ClN5O2S. The van der Waals surface area contributed by atoms with Gasteiger partial charge in [0.1, 0.15) is 10.7 Å². The van der Waals surface area contributed by atoms with E-state index in [2.05, 4.69) is 22.4 Å². The maximum Gasteiger partial charge on any atom is 0.292 e. The van der Waals surface area contributed by atoms with Crippen molar-refractivity contribution in [2.24, 2.45) is 13.0 Å². The van der Waals surface area contributed by atoms with Crippen molar-refractivity contribution in [2.75, 3.05) is 5.43 Å². The maximum absolute atomic E-state index is 13.1. The van der Waals surface area contributed by atoms with Gasteiger partial charge in [0.25, 0.3) is 11.5 Å². The van der Waals surface area contributed by atoms with Crippen LogP contribution in [0.15, 0.2) is 4.79 Å². The first-order valence-electron chi connectivity index (χ1n) is 8.82. The minimum absolute atomic E-state index is 0.0873. The molecule has 1 amide bonds. The summed E-state index contributed by atoms with van der Waals surface area (Å²) in [4.78, 5) is 32.3. The number of halogens is 1. The second-order valence-corrected chi connectivity index (χ2v) is 8.61. The molecule has 1 atom stereocenters. The van der Waals surface area contributed by atoms with Crippen LogP contribution in [0.2, 0.25) is 5.02 Å². The zero-order valence-electron chi connectivity index (χ0n) is 15.6. The first-order chi connectivity index (χ1) is 12.8. The van der Waals surface area contributed by atoms with E-state index in [0.29, 0.717) is 22.8 Å². The Balaban J connectivity index is 1.79. The third kappa shape index (κ3) is 2.87. The Bertz CT molecular complexity index is 1140. The van der Waals surface area contributed by atoms with E-state index < -0.39 is 5.91 Å². The van der Waals surface area contributed by atoms with Gasteiger partial charge in [0.2, 0.25) is 0 Å². The number of fused-ring (bicyclic) bond motifs is 3. The molecule has 0 bridgehead atoms. The highest BCUT2D eigenvalue weighted by Crippen LogP contribution is 2.35. The molecule has 9 heteroatoms. The van der Waals surface area contributed by atoms with E-state index in [1.54, 1.807) is 32.2 Å². The summed E-state index contributed by atoms with van der Waals surface area (Å²) in [6.45, 7) is 5.70. The van der Waals surface area contributed by atoms with Gasteiger partial charge in [0.05, 0.1) is 16.1 Å². The molecule has 3 aromatic rings. The smallest absolute Gasteiger partial charge is 0.271 e. The number of carbonyl (C=O) groups excluding carboxylic acids is 1. The molecule has 1 aliphatic carbocycles. The minimum atomic E-state index is -0.534. The van der Waals surface area contributed by atoms with Crippen molar-refractivity contribution in [2.45, 2.75) is 40.0 Å². The van der Waals surface area contributed by atoms with Crippen LogP contribution < -0.4 is 11.0 Å². The largest absolute Gasteiger partial charge is 0.292 e. The number of hydrogen-bond donors (Lipinski definition) is 1. The van der Waals surface area contributed by atoms with Gasteiger partial charge in [-0.05, 0) is 44.6 Å². The fraction of sp³-hybridized carbons (Fsp3) is 0.444. The molecule has 27 heavy (non-hydrogen) atoms. The van der Waals surface area contributed by atoms with Gasteiger partial charge in [-0.1, -0.05) is 18.5 Å². The van der Waals surface area contributed by atoms with Gasteiger partial charge < -0.3 is 0 Å². The molecule has 0 aliphatic heterocycles. The second kappa shape index (κ2) is 6.45. The van der Waals surface area contributed by atoms with Crippen molar-refractivity contribution < 1.29 is 4.79 Å². The number of aromatic nitrogens is 4. The number of carbonyl (C=O) groups is 1. The Morgan fingerprint density at radius 2 is 2.11 bits per heavy atom. The van der Waals surface area contributed by atoms with E-state index in [9.17, 15) is 9.59 Å². The molecule has 3 heterocycles. The quantitative estimate of drug-likeness (QED) is 0.710. The van der Waals surface area contributed by atoms with Crippen LogP contribution in [0.5, 0.6) is 0 Å². The topological polar surface area (TPSA) is 81.8 Å². The Morgan fingerprint density at radius 3 is 2.78 bits per heavy atom. The average Bonchev–Trinajstić information content (AvgIpc) is 3.09. The molecule has 0 fully saturated rings. The fourth-order valence-corrected chi connectivity index (χ4v) is 5.17. The molecule has 0 spiro atoms. The monoisotopic (exact) mass is 405 g/mol. The van der Waals surface area contributed by atoms with Crippen LogP contribution in [-0.4, -0.2) is 25.3 Å². The van der Waals surface area contributed by atoms with Gasteiger partial charge in [-0.3, -0.25) is 19.7 Å². The second-order valence-electron chi connectivity index (χ2n) is 7.14. The van der Waals surface area contributed by atoms with Gasteiger partial charge in [0, 0.05) is 11.9 Å². The molecule has 0 aromatic carbocycles. The zero-order chi connectivity index (χ0) is 19.5. The number of hydrogen-bond acceptors (Lipinski definition) is 5. The number of aryl methyl sites for hydroxylation is 3. The van der Waals surface area contributed by atoms with Crippen molar-refractivity contribution in [3.63, 3.8) is 0 Å². The van der Waals surface area contributed by atoms with Crippen LogP contribution in [0.4, 0.5) is 0 Å². The number of rotatable bonds is 2. The summed E-state index contributed by atoms with van der Waals surface area (Å²) in [5, 5.41) is 5.03. The van der Waals surface area contributed by atoms with Crippen LogP contribution in [0, 0.1) is 19.8 Å². The highest BCUT2D eigenvalue weighted by atomic mass is 35.5. The highest BCUT2D eigenvalue weighted by Gasteiger charge is 2.25. The Hall–Kier alpha value is -2.19. The lowest BCUT2D eigenvalue weighted by Crippen LogP contribution is -2.36. The lowest BCUT2D eigenvalue weighted by molar-refractivity contribution is 0.100. The molecule has 1 aliphatic rings. The maximum atomic E-state index is 13.1. The van der Waals surface area contributed by atoms with Gasteiger partial charge in [-0.15, -0.1) is 11.3 Å². The number of amides is 1. The molecular weight excluding hydrogens is 386 g/mol. The lowest BCUT2D eigenvalue weighted by atomic mass is 9.89. The third-order valence-electron chi connectivity index (χ3n) is 5.19. The Kier molecular flexibility index (Phi) is 4.35. The van der Waals surface area contributed by atoms with Crippen LogP contribution in [0.1, 0.15) is 45.8 Å². The fourth-order valence-electron chi connectivity index (χ4n) is 3.50. The average molecular weight is 406 g/mol. The lowest BCUT2D eigenvalue weighted by Gasteiger charge is -2.17.